The van der Waals surface area contributed by atoms with Gasteiger partial charge in [-0.2, -0.15) is 0 Å². The second kappa shape index (κ2) is 7.85. The van der Waals surface area contributed by atoms with Gasteiger partial charge in [0.05, 0.1) is 5.41 Å². The molecule has 7 nitrogen and oxygen atoms in total. The second-order valence-electron chi connectivity index (χ2n) is 7.14. The molecule has 0 aromatic carbocycles. The first-order valence-corrected chi connectivity index (χ1v) is 8.94. The van der Waals surface area contributed by atoms with Crippen molar-refractivity contribution in [2.24, 2.45) is 17.3 Å². The number of fused-ring (bicyclic) bond motifs is 1. The van der Waals surface area contributed by atoms with E-state index in [1.54, 1.807) is 4.90 Å². The number of hydrogen-bond donors (Lipinski definition) is 3. The summed E-state index contributed by atoms with van der Waals surface area (Å²) in [5.41, 5.74) is -0.749. The minimum Gasteiger partial charge on any atom is -0.481 e. The molecule has 0 spiro atoms. The van der Waals surface area contributed by atoms with Crippen LogP contribution < -0.4 is 10.6 Å². The van der Waals surface area contributed by atoms with Crippen molar-refractivity contribution in [2.75, 3.05) is 26.2 Å². The highest BCUT2D eigenvalue weighted by atomic mass is 16.4. The number of carboxylic acid groups (broad SMARTS) is 1. The van der Waals surface area contributed by atoms with Crippen LogP contribution in [-0.4, -0.2) is 54.1 Å². The quantitative estimate of drug-likeness (QED) is 0.611. The third-order valence-electron chi connectivity index (χ3n) is 5.45. The van der Waals surface area contributed by atoms with Gasteiger partial charge in [-0.25, -0.2) is 4.79 Å². The topological polar surface area (TPSA) is 98.7 Å². The van der Waals surface area contributed by atoms with Gasteiger partial charge in [-0.05, 0) is 25.2 Å². The van der Waals surface area contributed by atoms with Crippen molar-refractivity contribution in [3.63, 3.8) is 0 Å². The van der Waals surface area contributed by atoms with E-state index >= 15 is 0 Å². The Morgan fingerprint density at radius 1 is 1.29 bits per heavy atom. The zero-order valence-electron chi connectivity index (χ0n) is 14.6. The molecule has 136 valence electrons. The van der Waals surface area contributed by atoms with Crippen LogP contribution in [-0.2, 0) is 9.59 Å². The van der Waals surface area contributed by atoms with Crippen molar-refractivity contribution in [3.05, 3.63) is 0 Å². The Morgan fingerprint density at radius 3 is 2.62 bits per heavy atom. The fourth-order valence-corrected chi connectivity index (χ4v) is 4.00. The van der Waals surface area contributed by atoms with Gasteiger partial charge in [0.2, 0.25) is 5.91 Å². The molecular formula is C17H29N3O4. The van der Waals surface area contributed by atoms with Crippen molar-refractivity contribution in [1.29, 1.82) is 0 Å². The molecule has 3 amide bonds. The van der Waals surface area contributed by atoms with Crippen molar-refractivity contribution in [2.45, 2.75) is 46.0 Å². The van der Waals surface area contributed by atoms with Gasteiger partial charge < -0.3 is 20.6 Å². The summed E-state index contributed by atoms with van der Waals surface area (Å²) in [6.45, 7) is 5.48. The van der Waals surface area contributed by atoms with Gasteiger partial charge in [0.25, 0.3) is 0 Å². The highest BCUT2D eigenvalue weighted by Crippen LogP contribution is 2.48. The van der Waals surface area contributed by atoms with Crippen LogP contribution in [0.3, 0.4) is 0 Å². The summed E-state index contributed by atoms with van der Waals surface area (Å²) >= 11 is 0. The molecule has 0 radical (unpaired) electrons. The summed E-state index contributed by atoms with van der Waals surface area (Å²) in [5.74, 6) is -0.724. The molecule has 2 fully saturated rings. The molecule has 0 aromatic rings. The van der Waals surface area contributed by atoms with Crippen LogP contribution in [0.5, 0.6) is 0 Å². The van der Waals surface area contributed by atoms with E-state index in [1.807, 2.05) is 13.8 Å². The Kier molecular flexibility index (Phi) is 6.07. The molecule has 1 unspecified atom stereocenters. The standard InChI is InChI=1S/C17H29N3O4/c1-3-5-12(2)14(21)18-8-9-19-16(24)20-10-13-6-4-7-17(13,11-20)15(22)23/h12-13H,3-11H2,1-2H3,(H,18,21)(H,19,24)(H,22,23)/t12?,13-,17+/m0/s1. The number of rotatable bonds is 7. The number of amides is 3. The van der Waals surface area contributed by atoms with E-state index in [4.69, 9.17) is 0 Å². The van der Waals surface area contributed by atoms with Crippen LogP contribution in [0.2, 0.25) is 0 Å². The van der Waals surface area contributed by atoms with Crippen molar-refractivity contribution in [1.82, 2.24) is 15.5 Å². The number of nitrogens with one attached hydrogen (secondary N) is 2. The smallest absolute Gasteiger partial charge is 0.317 e. The third-order valence-corrected chi connectivity index (χ3v) is 5.45. The Balaban J connectivity index is 1.73. The molecule has 1 aliphatic carbocycles. The van der Waals surface area contributed by atoms with Gasteiger partial charge in [-0.15, -0.1) is 0 Å². The Labute approximate surface area is 143 Å². The molecule has 3 atom stereocenters. The third kappa shape index (κ3) is 3.82. The van der Waals surface area contributed by atoms with E-state index in [0.717, 1.165) is 25.7 Å². The molecule has 0 bridgehead atoms. The Hall–Kier alpha value is -1.79. The molecular weight excluding hydrogens is 310 g/mol. The minimum absolute atomic E-state index is 0.00614. The maximum absolute atomic E-state index is 12.2. The first kappa shape index (κ1) is 18.5. The minimum atomic E-state index is -0.780. The predicted octanol–water partition coefficient (Wildman–Crippen LogP) is 1.44. The lowest BCUT2D eigenvalue weighted by atomic mass is 9.81. The average molecular weight is 339 g/mol. The van der Waals surface area contributed by atoms with Crippen LogP contribution in [0.1, 0.15) is 46.0 Å². The monoisotopic (exact) mass is 339 g/mol. The summed E-state index contributed by atoms with van der Waals surface area (Å²) < 4.78 is 0. The van der Waals surface area contributed by atoms with Crippen molar-refractivity contribution >= 4 is 17.9 Å². The van der Waals surface area contributed by atoms with Crippen LogP contribution in [0.25, 0.3) is 0 Å². The molecule has 24 heavy (non-hydrogen) atoms. The van der Waals surface area contributed by atoms with Gasteiger partial charge in [-0.3, -0.25) is 9.59 Å². The first-order valence-electron chi connectivity index (χ1n) is 8.94. The summed E-state index contributed by atoms with van der Waals surface area (Å²) in [6.07, 6.45) is 4.27. The number of carbonyl (C=O) groups excluding carboxylic acids is 2. The molecule has 2 rings (SSSR count). The number of likely N-dealkylation sites (tertiary alicyclic amines) is 1. The number of urea groups is 1. The number of aliphatic carboxylic acids is 1. The zero-order chi connectivity index (χ0) is 17.7. The Bertz CT molecular complexity index is 496. The fraction of sp³-hybridized carbons (Fsp3) is 0.824. The maximum Gasteiger partial charge on any atom is 0.317 e. The molecule has 3 N–H and O–H groups in total. The normalized spacial score (nSPS) is 26.8. The summed E-state index contributed by atoms with van der Waals surface area (Å²) in [5, 5.41) is 15.1. The van der Waals surface area contributed by atoms with Crippen LogP contribution in [0.4, 0.5) is 4.79 Å². The van der Waals surface area contributed by atoms with E-state index in [-0.39, 0.29) is 23.8 Å². The van der Waals surface area contributed by atoms with Crippen LogP contribution in [0, 0.1) is 17.3 Å². The number of hydrogen-bond acceptors (Lipinski definition) is 3. The number of nitrogens with zero attached hydrogens (tertiary/aromatic N) is 1. The summed E-state index contributed by atoms with van der Waals surface area (Å²) in [4.78, 5) is 37.2. The molecule has 1 saturated heterocycles. The largest absolute Gasteiger partial charge is 0.481 e. The Morgan fingerprint density at radius 2 is 2.00 bits per heavy atom. The van der Waals surface area contributed by atoms with E-state index < -0.39 is 11.4 Å². The molecule has 1 saturated carbocycles. The molecule has 1 heterocycles. The van der Waals surface area contributed by atoms with E-state index in [9.17, 15) is 19.5 Å². The first-order chi connectivity index (χ1) is 11.4. The zero-order valence-corrected chi connectivity index (χ0v) is 14.6. The number of carbonyl (C=O) groups is 3. The van der Waals surface area contributed by atoms with Gasteiger partial charge in [0, 0.05) is 32.1 Å². The van der Waals surface area contributed by atoms with Crippen LogP contribution >= 0.6 is 0 Å². The summed E-state index contributed by atoms with van der Waals surface area (Å²) in [6, 6.07) is -0.235. The van der Waals surface area contributed by atoms with E-state index in [2.05, 4.69) is 10.6 Å². The second-order valence-corrected chi connectivity index (χ2v) is 7.14. The van der Waals surface area contributed by atoms with Gasteiger partial charge in [-0.1, -0.05) is 26.7 Å². The lowest BCUT2D eigenvalue weighted by Gasteiger charge is -2.23. The molecule has 7 heteroatoms. The highest BCUT2D eigenvalue weighted by molar-refractivity contribution is 5.81. The highest BCUT2D eigenvalue weighted by Gasteiger charge is 2.55. The van der Waals surface area contributed by atoms with E-state index in [0.29, 0.717) is 32.6 Å². The van der Waals surface area contributed by atoms with Gasteiger partial charge >= 0.3 is 12.0 Å². The van der Waals surface area contributed by atoms with Gasteiger partial charge in [0.1, 0.15) is 0 Å². The average Bonchev–Trinajstić information content (AvgIpc) is 3.09. The maximum atomic E-state index is 12.2. The molecule has 2 aliphatic rings. The van der Waals surface area contributed by atoms with Crippen LogP contribution in [0.15, 0.2) is 0 Å². The molecule has 1 aliphatic heterocycles. The lowest BCUT2D eigenvalue weighted by Crippen LogP contribution is -2.44. The lowest BCUT2D eigenvalue weighted by molar-refractivity contribution is -0.149. The SMILES string of the molecule is CCCC(C)C(=O)NCCNC(=O)N1C[C@@H]2CCC[C@@]2(C(=O)O)C1. The number of carboxylic acids is 1. The summed E-state index contributed by atoms with van der Waals surface area (Å²) in [7, 11) is 0. The molecule has 0 aromatic heterocycles. The van der Waals surface area contributed by atoms with E-state index in [1.165, 1.54) is 0 Å². The fourth-order valence-electron chi connectivity index (χ4n) is 4.00. The predicted molar refractivity (Wildman–Crippen MR) is 89.5 cm³/mol. The van der Waals surface area contributed by atoms with Crippen molar-refractivity contribution < 1.29 is 19.5 Å². The van der Waals surface area contributed by atoms with Crippen molar-refractivity contribution in [3.8, 4) is 0 Å². The van der Waals surface area contributed by atoms with Gasteiger partial charge in [0.15, 0.2) is 0 Å².